The molecule has 0 bridgehead atoms. The van der Waals surface area contributed by atoms with E-state index in [0.29, 0.717) is 57.2 Å². The predicted molar refractivity (Wildman–Crippen MR) is 469 cm³/mol. The number of hydrogen-bond donors (Lipinski definition) is 9. The Kier molecular flexibility index (Phi) is 24.8. The number of benzene rings is 5. The number of nitrogens with one attached hydrogen (secondary N) is 8. The lowest BCUT2D eigenvalue weighted by Crippen LogP contribution is -2.36. The third-order valence-electron chi connectivity index (χ3n) is 21.0. The van der Waals surface area contributed by atoms with Gasteiger partial charge in [-0.1, -0.05) is 66.7 Å². The van der Waals surface area contributed by atoms with Crippen LogP contribution in [0.15, 0.2) is 275 Å². The number of aromatic nitrogens is 16. The minimum absolute atomic E-state index is 0.179. The molecule has 3 saturated heterocycles. The number of nitrogens with zero attached hydrogens (tertiary/aromatic N) is 15. The number of aliphatic hydroxyl groups is 1. The minimum Gasteiger partial charge on any atom is -0.456 e. The maximum absolute atomic E-state index is 12.8. The summed E-state index contributed by atoms with van der Waals surface area (Å²) in [7, 11) is 0. The third kappa shape index (κ3) is 20.2. The van der Waals surface area contributed by atoms with Crippen LogP contribution in [0.5, 0.6) is 11.5 Å². The maximum atomic E-state index is 12.8. The summed E-state index contributed by atoms with van der Waals surface area (Å²) in [6.45, 7) is 10.1. The molecule has 5 aromatic carbocycles. The van der Waals surface area contributed by atoms with Crippen molar-refractivity contribution in [2.75, 3.05) is 73.7 Å². The lowest BCUT2D eigenvalue weighted by atomic mass is 10.0. The number of carbonyl (C=O) groups excluding carboxylic acids is 4. The number of fused-ring (bicyclic) bond motifs is 4. The monoisotopic (exact) mass is 1630 g/mol. The van der Waals surface area contributed by atoms with E-state index in [-0.39, 0.29) is 29.7 Å². The second kappa shape index (κ2) is 38.2. The number of hydrogen-bond acceptors (Lipinski definition) is 22. The van der Waals surface area contributed by atoms with E-state index in [2.05, 4.69) is 135 Å². The maximum Gasteiger partial charge on any atom is 0.277 e. The highest BCUT2D eigenvalue weighted by molar-refractivity contribution is 6.14. The van der Waals surface area contributed by atoms with Crippen LogP contribution >= 0.6 is 0 Å². The Balaban J connectivity index is 0.000000116. The van der Waals surface area contributed by atoms with Crippen LogP contribution in [0.2, 0.25) is 0 Å². The molecule has 30 nitrogen and oxygen atoms in total. The first-order valence-corrected chi connectivity index (χ1v) is 40.2. The molecule has 123 heavy (non-hydrogen) atoms. The number of rotatable bonds is 20. The molecule has 12 aromatic heterocycles. The van der Waals surface area contributed by atoms with Crippen molar-refractivity contribution in [1.29, 1.82) is 0 Å². The first kappa shape index (κ1) is 80.1. The number of aromatic amines is 4. The quantitative estimate of drug-likeness (QED) is 0.0342. The van der Waals surface area contributed by atoms with E-state index in [9.17, 15) is 24.3 Å². The summed E-state index contributed by atoms with van der Waals surface area (Å²) in [5.41, 5.74) is 15.7. The van der Waals surface area contributed by atoms with Crippen molar-refractivity contribution in [2.45, 2.75) is 45.0 Å². The number of morpholine rings is 1. The molecule has 30 heteroatoms. The average molecular weight is 1630 g/mol. The smallest absolute Gasteiger partial charge is 0.277 e. The average Bonchev–Trinajstić information content (AvgIpc) is 1.79. The third-order valence-corrected chi connectivity index (χ3v) is 21.0. The van der Waals surface area contributed by atoms with Gasteiger partial charge in [-0.15, -0.1) is 0 Å². The highest BCUT2D eigenvalue weighted by Gasteiger charge is 2.24. The van der Waals surface area contributed by atoms with Gasteiger partial charge in [0.1, 0.15) is 34.8 Å². The summed E-state index contributed by atoms with van der Waals surface area (Å²) in [6.07, 6.45) is 23.9. The van der Waals surface area contributed by atoms with Crippen molar-refractivity contribution >= 4 is 90.5 Å². The molecule has 0 radical (unpaired) electrons. The molecule has 0 unspecified atom stereocenters. The summed E-state index contributed by atoms with van der Waals surface area (Å²) < 4.78 is 11.3. The van der Waals surface area contributed by atoms with Gasteiger partial charge >= 0.3 is 0 Å². The summed E-state index contributed by atoms with van der Waals surface area (Å²) in [5.74, 6) is 2.05. The number of H-pyrrole nitrogens is 4. The second-order valence-corrected chi connectivity index (χ2v) is 29.6. The van der Waals surface area contributed by atoms with Gasteiger partial charge in [0.05, 0.1) is 47.6 Å². The second-order valence-electron chi connectivity index (χ2n) is 29.6. The van der Waals surface area contributed by atoms with E-state index in [1.165, 1.54) is 12.0 Å². The molecular formula is C93H83N23O7. The summed E-state index contributed by atoms with van der Waals surface area (Å²) in [4.78, 5) is 92.2. The topological polar surface area (TPSA) is 383 Å². The van der Waals surface area contributed by atoms with Crippen LogP contribution in [0, 0.1) is 0 Å². The number of para-hydroxylation sites is 1. The van der Waals surface area contributed by atoms with E-state index < -0.39 is 0 Å². The van der Waals surface area contributed by atoms with Gasteiger partial charge in [-0.2, -0.15) is 20.4 Å². The van der Waals surface area contributed by atoms with E-state index in [1.807, 2.05) is 165 Å². The highest BCUT2D eigenvalue weighted by Crippen LogP contribution is 2.34. The molecule has 3 aliphatic rings. The fraction of sp³-hybridized carbons (Fsp3) is 0.161. The van der Waals surface area contributed by atoms with E-state index >= 15 is 0 Å². The molecule has 612 valence electrons. The zero-order valence-corrected chi connectivity index (χ0v) is 66.6. The molecule has 15 heterocycles. The number of piperidine rings is 1. The Hall–Kier alpha value is -15.3. The number of amides is 4. The largest absolute Gasteiger partial charge is 0.456 e. The molecule has 0 spiro atoms. The standard InChI is InChI=1S/C24H24N6O2.C24H17N5O2.C23H22N6O2.C22H20N6O/c31-19-6-9-30(10-7-19)15-16-11-18(14-25-13-16)17-4-5-21-20(12-17)23(29-28-21)24(32)27-22-3-1-2-8-26-22;30-24(27-22-8-4-5-11-26-22)23-20-13-16(9-10-21(20)28-29-23)17-12-19(15-25-14-17)31-18-6-2-1-3-7-18;30-23(26-21-3-1-2-6-25-21)22-19-12-17(4-5-20(19)27-28-22)18-11-16(13-24-14-18)15-29-7-9-31-10-8-29;29-22(25-20-4-1-2-7-24-20)21-18-11-16(5-6-19(18)26-27-21)17-10-15(12-23-13-17)14-28-8-3-9-28/h1-5,8,11-14,19,31H,6-7,9-10,15H2,(H,28,29)(H,26,27,32);1-15H,(H,28,29)(H,26,27,30);1-6,11-14H,7-10,15H2,(H,27,28)(H,25,26,30);1-2,4-7,10-13H,3,8-9,14H2,(H,26,27)(H,24,25,29). The fourth-order valence-corrected chi connectivity index (χ4v) is 14.5. The first-order valence-electron chi connectivity index (χ1n) is 40.2. The van der Waals surface area contributed by atoms with Gasteiger partial charge in [-0.3, -0.25) is 74.2 Å². The van der Waals surface area contributed by atoms with Crippen molar-refractivity contribution in [1.82, 2.24) is 95.4 Å². The molecule has 0 aliphatic carbocycles. The van der Waals surface area contributed by atoms with Crippen LogP contribution in [-0.4, -0.2) is 183 Å². The van der Waals surface area contributed by atoms with E-state index in [1.54, 1.807) is 91.8 Å². The fourth-order valence-electron chi connectivity index (χ4n) is 14.5. The molecule has 3 aliphatic heterocycles. The molecule has 0 atom stereocenters. The van der Waals surface area contributed by atoms with E-state index in [4.69, 9.17) is 9.47 Å². The van der Waals surface area contributed by atoms with Crippen molar-refractivity contribution in [2.24, 2.45) is 0 Å². The first-order chi connectivity index (χ1) is 60.4. The van der Waals surface area contributed by atoms with E-state index in [0.717, 1.165) is 185 Å². The van der Waals surface area contributed by atoms with Gasteiger partial charge < -0.3 is 35.8 Å². The van der Waals surface area contributed by atoms with Crippen molar-refractivity contribution in [3.8, 4) is 56.0 Å². The molecule has 9 N–H and O–H groups in total. The predicted octanol–water partition coefficient (Wildman–Crippen LogP) is 14.9. The number of carbonyl (C=O) groups is 4. The molecule has 3 fully saturated rings. The van der Waals surface area contributed by atoms with Crippen LogP contribution in [0.25, 0.3) is 88.1 Å². The Labute approximate surface area is 704 Å². The zero-order valence-electron chi connectivity index (χ0n) is 66.6. The van der Waals surface area contributed by atoms with Crippen LogP contribution in [0.1, 0.15) is 77.9 Å². The Bertz CT molecular complexity index is 6520. The van der Waals surface area contributed by atoms with Crippen molar-refractivity contribution < 1.29 is 33.8 Å². The van der Waals surface area contributed by atoms with Gasteiger partial charge in [0.25, 0.3) is 23.6 Å². The van der Waals surface area contributed by atoms with Gasteiger partial charge in [-0.05, 0) is 205 Å². The van der Waals surface area contributed by atoms with Crippen molar-refractivity contribution in [3.63, 3.8) is 0 Å². The summed E-state index contributed by atoms with van der Waals surface area (Å²) in [6, 6.07) is 62.8. The van der Waals surface area contributed by atoms with Gasteiger partial charge in [-0.25, -0.2) is 19.9 Å². The van der Waals surface area contributed by atoms with Crippen LogP contribution < -0.4 is 26.0 Å². The van der Waals surface area contributed by atoms with Crippen LogP contribution in [0.3, 0.4) is 0 Å². The summed E-state index contributed by atoms with van der Waals surface area (Å²) in [5, 5.41) is 52.4. The lowest BCUT2D eigenvalue weighted by Gasteiger charge is -2.30. The molecule has 20 rings (SSSR count). The molecule has 17 aromatic rings. The number of ether oxygens (including phenoxy) is 2. The Morgan fingerprint density at radius 1 is 0.350 bits per heavy atom. The summed E-state index contributed by atoms with van der Waals surface area (Å²) >= 11 is 0. The Morgan fingerprint density at radius 3 is 1.01 bits per heavy atom. The number of pyridine rings is 8. The van der Waals surface area contributed by atoms with Crippen molar-refractivity contribution in [3.05, 3.63) is 314 Å². The van der Waals surface area contributed by atoms with Gasteiger partial charge in [0.15, 0.2) is 22.8 Å². The Morgan fingerprint density at radius 2 is 0.675 bits per heavy atom. The minimum atomic E-state index is -0.332. The normalized spacial score (nSPS) is 13.6. The number of aliphatic hydroxyl groups excluding tert-OH is 1. The SMILES string of the molecule is O=C(Nc1ccccn1)c1n[nH]c2ccc(-c3cncc(CN4CCC(O)CC4)c3)cc12.O=C(Nc1ccccn1)c1n[nH]c2ccc(-c3cncc(CN4CCC4)c3)cc12.O=C(Nc1ccccn1)c1n[nH]c2ccc(-c3cncc(CN4CCOCC4)c3)cc12.O=C(Nc1ccccn1)c1n[nH]c2ccc(-c3cncc(Oc4ccccc4)c3)cc12. The highest BCUT2D eigenvalue weighted by atomic mass is 16.5. The lowest BCUT2D eigenvalue weighted by molar-refractivity contribution is 0.0341. The molecule has 0 saturated carbocycles. The van der Waals surface area contributed by atoms with Gasteiger partial charge in [0, 0.05) is 158 Å². The van der Waals surface area contributed by atoms with Crippen LogP contribution in [0.4, 0.5) is 23.3 Å². The zero-order chi connectivity index (χ0) is 83.6. The molecular weight excluding hydrogens is 1550 g/mol. The number of likely N-dealkylation sites (tertiary alicyclic amines) is 2. The molecule has 4 amide bonds. The van der Waals surface area contributed by atoms with Crippen LogP contribution in [-0.2, 0) is 24.4 Å². The van der Waals surface area contributed by atoms with Gasteiger partial charge in [0.2, 0.25) is 0 Å². The number of anilines is 4.